The molecule has 2 saturated heterocycles. The van der Waals surface area contributed by atoms with Gasteiger partial charge < -0.3 is 19.4 Å². The maximum Gasteiger partial charge on any atom is 0.259 e. The number of piperidine rings is 1. The number of pyridine rings is 1. The molecule has 4 rings (SSSR count). The average molecular weight is 450 g/mol. The Morgan fingerprint density at radius 2 is 1.81 bits per heavy atom. The number of H-pyrrole nitrogens is 1. The summed E-state index contributed by atoms with van der Waals surface area (Å²) in [5.41, 5.74) is -0.0107. The minimum Gasteiger partial charge on any atom is -0.360 e. The van der Waals surface area contributed by atoms with Crippen LogP contribution in [0.25, 0.3) is 10.9 Å². The summed E-state index contributed by atoms with van der Waals surface area (Å²) in [6.07, 6.45) is 2.51. The van der Waals surface area contributed by atoms with Crippen molar-refractivity contribution < 1.29 is 22.7 Å². The topological polar surface area (TPSA) is 109 Å². The highest BCUT2D eigenvalue weighted by atomic mass is 32.2. The lowest BCUT2D eigenvalue weighted by Gasteiger charge is -2.37. The third-order valence-corrected chi connectivity index (χ3v) is 8.10. The summed E-state index contributed by atoms with van der Waals surface area (Å²) >= 11 is 0. The number of sulfonamides is 1. The van der Waals surface area contributed by atoms with Gasteiger partial charge in [0, 0.05) is 56.1 Å². The van der Waals surface area contributed by atoms with Crippen molar-refractivity contribution in [1.29, 1.82) is 0 Å². The highest BCUT2D eigenvalue weighted by Crippen LogP contribution is 2.31. The predicted octanol–water partition coefficient (Wildman–Crippen LogP) is 1.54. The van der Waals surface area contributed by atoms with E-state index >= 15 is 0 Å². The molecule has 0 radical (unpaired) electrons. The molecule has 1 aromatic carbocycles. The summed E-state index contributed by atoms with van der Waals surface area (Å²) in [7, 11) is -3.72. The normalized spacial score (nSPS) is 18.9. The number of hydrogen-bond donors (Lipinski definition) is 1. The molecule has 0 atom stereocenters. The zero-order valence-corrected chi connectivity index (χ0v) is 18.5. The van der Waals surface area contributed by atoms with E-state index in [1.54, 1.807) is 24.8 Å². The lowest BCUT2D eigenvalue weighted by molar-refractivity contribution is -0.181. The second kappa shape index (κ2) is 8.34. The van der Waals surface area contributed by atoms with Gasteiger partial charge >= 0.3 is 0 Å². The first kappa shape index (κ1) is 21.9. The molecule has 1 amide bonds. The number of nitrogens with zero attached hydrogens (tertiary/aromatic N) is 2. The summed E-state index contributed by atoms with van der Waals surface area (Å²) in [5, 5.41) is 0.176. The van der Waals surface area contributed by atoms with Crippen LogP contribution < -0.4 is 5.43 Å². The van der Waals surface area contributed by atoms with E-state index in [4.69, 9.17) is 9.47 Å². The van der Waals surface area contributed by atoms with Gasteiger partial charge in [-0.15, -0.1) is 0 Å². The van der Waals surface area contributed by atoms with Gasteiger partial charge in [-0.1, -0.05) is 13.8 Å². The fourth-order valence-corrected chi connectivity index (χ4v) is 5.72. The highest BCUT2D eigenvalue weighted by Gasteiger charge is 2.41. The summed E-state index contributed by atoms with van der Waals surface area (Å²) < 4.78 is 38.4. The average Bonchev–Trinajstić information content (AvgIpc) is 3.22. The van der Waals surface area contributed by atoms with Gasteiger partial charge in [0.2, 0.25) is 15.5 Å². The molecule has 0 saturated carbocycles. The maximum atomic E-state index is 13.1. The molecular weight excluding hydrogens is 422 g/mol. The molecule has 2 aliphatic heterocycles. The van der Waals surface area contributed by atoms with Crippen molar-refractivity contribution >= 4 is 26.8 Å². The van der Waals surface area contributed by atoms with Gasteiger partial charge in [-0.05, 0) is 18.2 Å². The van der Waals surface area contributed by atoms with Gasteiger partial charge in [-0.25, -0.2) is 8.42 Å². The van der Waals surface area contributed by atoms with Crippen molar-refractivity contribution in [1.82, 2.24) is 14.2 Å². The van der Waals surface area contributed by atoms with Crippen molar-refractivity contribution in [3.05, 3.63) is 40.2 Å². The molecule has 0 aliphatic carbocycles. The van der Waals surface area contributed by atoms with Crippen LogP contribution in [0.2, 0.25) is 0 Å². The van der Waals surface area contributed by atoms with Crippen LogP contribution >= 0.6 is 0 Å². The highest BCUT2D eigenvalue weighted by molar-refractivity contribution is 7.89. The van der Waals surface area contributed by atoms with Gasteiger partial charge in [0.15, 0.2) is 5.79 Å². The Bertz CT molecular complexity index is 1140. The molecule has 31 heavy (non-hydrogen) atoms. The van der Waals surface area contributed by atoms with E-state index in [2.05, 4.69) is 4.98 Å². The predicted molar refractivity (Wildman–Crippen MR) is 114 cm³/mol. The summed E-state index contributed by atoms with van der Waals surface area (Å²) in [6.45, 7) is 6.13. The number of carbonyl (C=O) groups is 1. The quantitative estimate of drug-likeness (QED) is 0.742. The van der Waals surface area contributed by atoms with Crippen molar-refractivity contribution in [2.24, 2.45) is 0 Å². The number of rotatable bonds is 5. The minimum absolute atomic E-state index is 0.00547. The standard InChI is InChI=1S/C21H27N3O6S/c1-3-24(4-2)31(27,28)15-5-6-18-16(13-15)19(25)17(14-22-18)20(26)23-9-7-21(8-10-23)29-11-12-30-21/h5-6,13-14H,3-4,7-12H2,1-2H3,(H,22,25). The van der Waals surface area contributed by atoms with E-state index in [1.807, 2.05) is 0 Å². The third-order valence-electron chi connectivity index (χ3n) is 6.05. The fourth-order valence-electron chi connectivity index (χ4n) is 4.24. The minimum atomic E-state index is -3.72. The Labute approximate surface area is 181 Å². The number of carbonyl (C=O) groups excluding carboxylic acids is 1. The molecule has 3 heterocycles. The first-order chi connectivity index (χ1) is 14.8. The fraction of sp³-hybridized carbons (Fsp3) is 0.524. The van der Waals surface area contributed by atoms with Crippen molar-refractivity contribution in [2.45, 2.75) is 37.4 Å². The van der Waals surface area contributed by atoms with E-state index in [-0.39, 0.29) is 21.8 Å². The van der Waals surface area contributed by atoms with Crippen LogP contribution in [0.1, 0.15) is 37.0 Å². The number of aromatic amines is 1. The van der Waals surface area contributed by atoms with Gasteiger partial charge in [0.1, 0.15) is 5.56 Å². The molecule has 0 unspecified atom stereocenters. The largest absolute Gasteiger partial charge is 0.360 e. The number of fused-ring (bicyclic) bond motifs is 1. The smallest absolute Gasteiger partial charge is 0.259 e. The maximum absolute atomic E-state index is 13.1. The second-order valence-electron chi connectivity index (χ2n) is 7.73. The molecule has 2 aliphatic rings. The molecule has 168 valence electrons. The number of amides is 1. The summed E-state index contributed by atoms with van der Waals surface area (Å²) in [5.74, 6) is -0.992. The van der Waals surface area contributed by atoms with Crippen molar-refractivity contribution in [3.63, 3.8) is 0 Å². The lowest BCUT2D eigenvalue weighted by Crippen LogP contribution is -2.48. The number of benzene rings is 1. The Balaban J connectivity index is 1.64. The molecule has 10 heteroatoms. The molecule has 1 N–H and O–H groups in total. The van der Waals surface area contributed by atoms with Crippen LogP contribution in [0, 0.1) is 0 Å². The Morgan fingerprint density at radius 3 is 2.42 bits per heavy atom. The van der Waals surface area contributed by atoms with Gasteiger partial charge in [-0.3, -0.25) is 9.59 Å². The van der Waals surface area contributed by atoms with E-state index < -0.39 is 21.2 Å². The number of ether oxygens (including phenoxy) is 2. The van der Waals surface area contributed by atoms with Gasteiger partial charge in [-0.2, -0.15) is 4.31 Å². The van der Waals surface area contributed by atoms with E-state index in [0.717, 1.165) is 0 Å². The zero-order chi connectivity index (χ0) is 22.2. The second-order valence-corrected chi connectivity index (χ2v) is 9.67. The molecule has 1 spiro atoms. The zero-order valence-electron chi connectivity index (χ0n) is 17.7. The molecule has 1 aromatic heterocycles. The molecular formula is C21H27N3O6S. The monoisotopic (exact) mass is 449 g/mol. The van der Waals surface area contributed by atoms with Crippen molar-refractivity contribution in [3.8, 4) is 0 Å². The van der Waals surface area contributed by atoms with Gasteiger partial charge in [0.25, 0.3) is 5.91 Å². The first-order valence-corrected chi connectivity index (χ1v) is 12.0. The van der Waals surface area contributed by atoms with Crippen LogP contribution in [0.15, 0.2) is 34.1 Å². The molecule has 2 fully saturated rings. The molecule has 9 nitrogen and oxygen atoms in total. The Kier molecular flexibility index (Phi) is 5.91. The van der Waals surface area contributed by atoms with Gasteiger partial charge in [0.05, 0.1) is 18.1 Å². The van der Waals surface area contributed by atoms with E-state index in [1.165, 1.54) is 22.6 Å². The third kappa shape index (κ3) is 3.89. The Hall–Kier alpha value is -2.27. The lowest BCUT2D eigenvalue weighted by atomic mass is 10.0. The molecule has 2 aromatic rings. The number of hydrogen-bond acceptors (Lipinski definition) is 6. The number of aromatic nitrogens is 1. The Morgan fingerprint density at radius 1 is 1.16 bits per heavy atom. The summed E-state index contributed by atoms with van der Waals surface area (Å²) in [4.78, 5) is 30.8. The summed E-state index contributed by atoms with van der Waals surface area (Å²) in [6, 6.07) is 4.38. The van der Waals surface area contributed by atoms with Crippen LogP contribution in [0.4, 0.5) is 0 Å². The van der Waals surface area contributed by atoms with E-state index in [0.29, 0.717) is 57.8 Å². The van der Waals surface area contributed by atoms with E-state index in [9.17, 15) is 18.0 Å². The van der Waals surface area contributed by atoms with Crippen molar-refractivity contribution in [2.75, 3.05) is 39.4 Å². The SMILES string of the molecule is CCN(CC)S(=O)(=O)c1ccc2[nH]cc(C(=O)N3CCC4(CC3)OCCO4)c(=O)c2c1. The number of likely N-dealkylation sites (tertiary alicyclic amines) is 1. The van der Waals surface area contributed by atoms with Crippen LogP contribution in [-0.4, -0.2) is 73.7 Å². The van der Waals surface area contributed by atoms with Crippen LogP contribution in [0.5, 0.6) is 0 Å². The number of nitrogens with one attached hydrogen (secondary N) is 1. The van der Waals surface area contributed by atoms with Crippen LogP contribution in [0.3, 0.4) is 0 Å². The first-order valence-electron chi connectivity index (χ1n) is 10.5. The van der Waals surface area contributed by atoms with Crippen LogP contribution in [-0.2, 0) is 19.5 Å². The molecule has 0 bridgehead atoms.